The largest absolute Gasteiger partial charge is 0.394 e. The van der Waals surface area contributed by atoms with Gasteiger partial charge in [0, 0.05) is 14.1 Å². The number of H-pyrrole nitrogens is 1. The van der Waals surface area contributed by atoms with E-state index in [-0.39, 0.29) is 11.4 Å². The lowest BCUT2D eigenvalue weighted by Gasteiger charge is -2.17. The fourth-order valence-electron chi connectivity index (χ4n) is 2.54. The summed E-state index contributed by atoms with van der Waals surface area (Å²) >= 11 is 5.12. The lowest BCUT2D eigenvalue weighted by Crippen LogP contribution is -2.33. The van der Waals surface area contributed by atoms with Crippen molar-refractivity contribution in [1.82, 2.24) is 19.5 Å². The van der Waals surface area contributed by atoms with Gasteiger partial charge >= 0.3 is 0 Å². The summed E-state index contributed by atoms with van der Waals surface area (Å²) in [6.45, 7) is -0.387. The van der Waals surface area contributed by atoms with Crippen LogP contribution in [0.25, 0.3) is 11.2 Å². The molecule has 2 aromatic rings. The number of fused-ring (bicyclic) bond motifs is 1. The van der Waals surface area contributed by atoms with Crippen molar-refractivity contribution in [2.75, 3.05) is 25.6 Å². The van der Waals surface area contributed by atoms with Crippen LogP contribution in [0.5, 0.6) is 0 Å². The lowest BCUT2D eigenvalue weighted by atomic mass is 10.1. The summed E-state index contributed by atoms with van der Waals surface area (Å²) in [4.78, 5) is 13.2. The summed E-state index contributed by atoms with van der Waals surface area (Å²) < 4.78 is 7.33. The number of hydrogen-bond donors (Lipinski definition) is 4. The smallest absolute Gasteiger partial charge is 0.200 e. The van der Waals surface area contributed by atoms with Gasteiger partial charge in [0.1, 0.15) is 29.5 Å². The number of aliphatic hydroxyl groups is 3. The van der Waals surface area contributed by atoms with Gasteiger partial charge in [-0.2, -0.15) is 0 Å². The van der Waals surface area contributed by atoms with Crippen molar-refractivity contribution < 1.29 is 20.1 Å². The number of aliphatic hydroxyl groups excluding tert-OH is 3. The molecule has 0 saturated carbocycles. The van der Waals surface area contributed by atoms with Crippen LogP contribution in [0, 0.1) is 4.77 Å². The van der Waals surface area contributed by atoms with Gasteiger partial charge in [-0.25, -0.2) is 9.97 Å². The van der Waals surface area contributed by atoms with E-state index in [4.69, 9.17) is 17.0 Å². The van der Waals surface area contributed by atoms with Crippen LogP contribution in [0.2, 0.25) is 0 Å². The van der Waals surface area contributed by atoms with Crippen LogP contribution in [0.1, 0.15) is 6.23 Å². The molecule has 1 aliphatic heterocycles. The minimum absolute atomic E-state index is 0.268. The normalized spacial score (nSPS) is 28.4. The van der Waals surface area contributed by atoms with Crippen molar-refractivity contribution in [2.45, 2.75) is 24.5 Å². The molecule has 4 N–H and O–H groups in total. The highest BCUT2D eigenvalue weighted by Crippen LogP contribution is 2.32. The first kappa shape index (κ1) is 15.3. The molecular formula is C12H17N5O4S. The molecule has 10 heteroatoms. The molecule has 1 aliphatic rings. The molecule has 0 spiro atoms. The van der Waals surface area contributed by atoms with Crippen LogP contribution in [-0.4, -0.2) is 73.9 Å². The summed E-state index contributed by atoms with van der Waals surface area (Å²) in [6, 6.07) is 0. The molecule has 0 radical (unpaired) electrons. The number of aromatic nitrogens is 4. The molecule has 2 aromatic heterocycles. The fraction of sp³-hybridized carbons (Fsp3) is 0.583. The molecule has 0 amide bonds. The van der Waals surface area contributed by atoms with E-state index < -0.39 is 24.5 Å². The molecule has 3 rings (SSSR count). The third kappa shape index (κ3) is 2.29. The molecule has 9 nitrogen and oxygen atoms in total. The average molecular weight is 327 g/mol. The first-order valence-corrected chi connectivity index (χ1v) is 7.11. The minimum atomic E-state index is -1.19. The zero-order valence-corrected chi connectivity index (χ0v) is 12.9. The maximum absolute atomic E-state index is 10.1. The van der Waals surface area contributed by atoms with E-state index >= 15 is 0 Å². The van der Waals surface area contributed by atoms with E-state index in [0.29, 0.717) is 17.0 Å². The van der Waals surface area contributed by atoms with Crippen molar-refractivity contribution in [3.8, 4) is 0 Å². The van der Waals surface area contributed by atoms with Gasteiger partial charge in [-0.3, -0.25) is 4.57 Å². The zero-order valence-electron chi connectivity index (χ0n) is 12.0. The Bertz CT molecular complexity index is 745. The summed E-state index contributed by atoms with van der Waals surface area (Å²) in [5, 5.41) is 29.2. The van der Waals surface area contributed by atoms with Crippen LogP contribution in [0.3, 0.4) is 0 Å². The number of rotatable bonds is 3. The number of aromatic amines is 1. The molecule has 22 heavy (non-hydrogen) atoms. The molecule has 0 unspecified atom stereocenters. The molecule has 0 aliphatic carbocycles. The highest BCUT2D eigenvalue weighted by Gasteiger charge is 2.43. The predicted molar refractivity (Wildman–Crippen MR) is 80.0 cm³/mol. The average Bonchev–Trinajstić information content (AvgIpc) is 3.00. The molecular weight excluding hydrogens is 310 g/mol. The van der Waals surface area contributed by atoms with Gasteiger partial charge in [-0.05, 0) is 12.2 Å². The van der Waals surface area contributed by atoms with Crippen molar-refractivity contribution in [3.63, 3.8) is 0 Å². The molecule has 3 heterocycles. The minimum Gasteiger partial charge on any atom is -0.394 e. The second-order valence-corrected chi connectivity index (χ2v) is 5.72. The van der Waals surface area contributed by atoms with Crippen LogP contribution >= 0.6 is 12.2 Å². The summed E-state index contributed by atoms with van der Waals surface area (Å²) in [5.74, 6) is 0.587. The standard InChI is InChI=1S/C12H17N5O4S/c1-16(2)9-6-10(15-12(22)14-9)17(4-13-6)11-8(20)7(19)5(3-18)21-11/h4-5,7-8,11,18-20H,3H2,1-2H3,(H,14,15,22)/t5-,7-,8-,11-/m1/s1. The topological polar surface area (TPSA) is 120 Å². The Balaban J connectivity index is 2.11. The summed E-state index contributed by atoms with van der Waals surface area (Å²) in [6.07, 6.45) is -2.61. The number of imidazole rings is 1. The van der Waals surface area contributed by atoms with E-state index in [9.17, 15) is 15.3 Å². The van der Waals surface area contributed by atoms with Crippen LogP contribution in [0.4, 0.5) is 5.82 Å². The Morgan fingerprint density at radius 2 is 2.14 bits per heavy atom. The van der Waals surface area contributed by atoms with Crippen LogP contribution in [-0.2, 0) is 4.74 Å². The van der Waals surface area contributed by atoms with Crippen LogP contribution < -0.4 is 4.90 Å². The van der Waals surface area contributed by atoms with Crippen LogP contribution in [0.15, 0.2) is 6.33 Å². The van der Waals surface area contributed by atoms with E-state index in [1.165, 1.54) is 6.33 Å². The van der Waals surface area contributed by atoms with Crippen molar-refractivity contribution in [3.05, 3.63) is 11.1 Å². The molecule has 1 fully saturated rings. The van der Waals surface area contributed by atoms with Gasteiger partial charge in [0.05, 0.1) is 12.9 Å². The SMILES string of the molecule is CN(C)c1nc(=S)[nH]c2c1ncn2[C@@H]1O[C@H](CO)[C@@H](O)[C@H]1O. The number of nitrogens with zero attached hydrogens (tertiary/aromatic N) is 4. The van der Waals surface area contributed by atoms with Gasteiger partial charge < -0.3 is 29.9 Å². The summed E-state index contributed by atoms with van der Waals surface area (Å²) in [7, 11) is 3.64. The van der Waals surface area contributed by atoms with Crippen molar-refractivity contribution in [2.24, 2.45) is 0 Å². The maximum atomic E-state index is 10.1. The molecule has 4 atom stereocenters. The number of nitrogens with one attached hydrogen (secondary N) is 1. The number of anilines is 1. The summed E-state index contributed by atoms with van der Waals surface area (Å²) in [5.41, 5.74) is 1.09. The van der Waals surface area contributed by atoms with E-state index in [1.807, 2.05) is 14.1 Å². The fourth-order valence-corrected chi connectivity index (χ4v) is 2.72. The first-order valence-electron chi connectivity index (χ1n) is 6.70. The van der Waals surface area contributed by atoms with Gasteiger partial charge in [0.15, 0.2) is 16.8 Å². The van der Waals surface area contributed by atoms with E-state index in [2.05, 4.69) is 15.0 Å². The maximum Gasteiger partial charge on any atom is 0.200 e. The Morgan fingerprint density at radius 1 is 1.41 bits per heavy atom. The molecule has 120 valence electrons. The highest BCUT2D eigenvalue weighted by molar-refractivity contribution is 7.71. The van der Waals surface area contributed by atoms with Gasteiger partial charge in [0.25, 0.3) is 0 Å². The second-order valence-electron chi connectivity index (χ2n) is 5.34. The Labute approximate surface area is 130 Å². The third-order valence-electron chi connectivity index (χ3n) is 3.65. The first-order chi connectivity index (χ1) is 10.4. The Morgan fingerprint density at radius 3 is 2.73 bits per heavy atom. The van der Waals surface area contributed by atoms with Gasteiger partial charge in [-0.15, -0.1) is 0 Å². The molecule has 0 aromatic carbocycles. The quantitative estimate of drug-likeness (QED) is 0.539. The van der Waals surface area contributed by atoms with Crippen molar-refractivity contribution >= 4 is 29.2 Å². The highest BCUT2D eigenvalue weighted by atomic mass is 32.1. The number of ether oxygens (including phenoxy) is 1. The van der Waals surface area contributed by atoms with Gasteiger partial charge in [0.2, 0.25) is 0 Å². The third-order valence-corrected chi connectivity index (χ3v) is 3.85. The van der Waals surface area contributed by atoms with Gasteiger partial charge in [-0.1, -0.05) is 0 Å². The molecule has 0 bridgehead atoms. The second kappa shape index (κ2) is 5.56. The Hall–Kier alpha value is -1.59. The predicted octanol–water partition coefficient (Wildman–Crippen LogP) is -0.834. The van der Waals surface area contributed by atoms with Crippen molar-refractivity contribution in [1.29, 1.82) is 0 Å². The number of hydrogen-bond acceptors (Lipinski definition) is 8. The van der Waals surface area contributed by atoms with E-state index in [1.54, 1.807) is 9.47 Å². The lowest BCUT2D eigenvalue weighted by molar-refractivity contribution is -0.0511. The Kier molecular flexibility index (Phi) is 3.87. The molecule has 1 saturated heterocycles. The van der Waals surface area contributed by atoms with E-state index in [0.717, 1.165) is 0 Å². The monoisotopic (exact) mass is 327 g/mol. The zero-order chi connectivity index (χ0) is 16.0.